The van der Waals surface area contributed by atoms with Crippen LogP contribution in [0.2, 0.25) is 0 Å². The van der Waals surface area contributed by atoms with Crippen LogP contribution in [0.25, 0.3) is 0 Å². The Balaban J connectivity index is 1.67. The normalized spacial score (nSPS) is 34.8. The Kier molecular flexibility index (Phi) is 3.57. The molecule has 0 spiro atoms. The molecule has 24 heavy (non-hydrogen) atoms. The maximum Gasteiger partial charge on any atom is 0.380 e. The zero-order valence-electron chi connectivity index (χ0n) is 13.7. The summed E-state index contributed by atoms with van der Waals surface area (Å²) in [5.41, 5.74) is 3.84. The highest BCUT2D eigenvalue weighted by Crippen LogP contribution is 2.59. The van der Waals surface area contributed by atoms with E-state index in [1.165, 1.54) is 11.1 Å². The van der Waals surface area contributed by atoms with Gasteiger partial charge in [0, 0.05) is 11.3 Å². The zero-order chi connectivity index (χ0) is 17.1. The minimum absolute atomic E-state index is 0.0104. The highest BCUT2D eigenvalue weighted by molar-refractivity contribution is 7.84. The second-order valence-electron chi connectivity index (χ2n) is 7.59. The van der Waals surface area contributed by atoms with E-state index in [0.717, 1.165) is 37.7 Å². The van der Waals surface area contributed by atoms with Gasteiger partial charge in [-0.3, -0.25) is 0 Å². The molecule has 0 heterocycles. The number of allylic oxidation sites excluding steroid dienone is 2. The van der Waals surface area contributed by atoms with Crippen LogP contribution in [-0.4, -0.2) is 19.6 Å². The number of aliphatic hydroxyl groups excluding tert-OH is 1. The van der Waals surface area contributed by atoms with Crippen LogP contribution in [0.1, 0.15) is 49.7 Å². The molecular formula is C18H23NO4S. The lowest BCUT2D eigenvalue weighted by molar-refractivity contribution is 0.0267. The molecule has 2 fully saturated rings. The fourth-order valence-corrected chi connectivity index (χ4v) is 5.47. The molecule has 3 aliphatic carbocycles. The summed E-state index contributed by atoms with van der Waals surface area (Å²) in [4.78, 5) is 0. The van der Waals surface area contributed by atoms with Gasteiger partial charge in [0.25, 0.3) is 0 Å². The van der Waals surface area contributed by atoms with Gasteiger partial charge in [0.15, 0.2) is 0 Å². The molecule has 4 atom stereocenters. The molecule has 0 aliphatic heterocycles. The first kappa shape index (κ1) is 16.1. The van der Waals surface area contributed by atoms with Crippen molar-refractivity contribution < 1.29 is 17.7 Å². The van der Waals surface area contributed by atoms with Crippen LogP contribution in [0.3, 0.4) is 0 Å². The summed E-state index contributed by atoms with van der Waals surface area (Å²) >= 11 is 0. The van der Waals surface area contributed by atoms with Gasteiger partial charge in [-0.1, -0.05) is 24.6 Å². The van der Waals surface area contributed by atoms with Crippen LogP contribution in [0.5, 0.6) is 5.75 Å². The second-order valence-corrected chi connectivity index (χ2v) is 8.74. The summed E-state index contributed by atoms with van der Waals surface area (Å²) in [6.45, 7) is 2.23. The van der Waals surface area contributed by atoms with Crippen molar-refractivity contribution in [3.05, 3.63) is 41.0 Å². The monoisotopic (exact) mass is 349 g/mol. The second kappa shape index (κ2) is 5.31. The van der Waals surface area contributed by atoms with E-state index in [0.29, 0.717) is 11.8 Å². The number of nitrogens with two attached hydrogens (primary N) is 1. The number of benzene rings is 1. The number of aliphatic hydroxyl groups is 1. The Bertz CT molecular complexity index is 816. The van der Waals surface area contributed by atoms with Gasteiger partial charge in [0.2, 0.25) is 0 Å². The quantitative estimate of drug-likeness (QED) is 0.802. The van der Waals surface area contributed by atoms with Gasteiger partial charge in [0.1, 0.15) is 5.75 Å². The molecule has 4 rings (SSSR count). The van der Waals surface area contributed by atoms with Crippen LogP contribution in [0.15, 0.2) is 29.8 Å². The van der Waals surface area contributed by atoms with E-state index in [4.69, 9.17) is 9.32 Å². The van der Waals surface area contributed by atoms with Crippen molar-refractivity contribution in [1.29, 1.82) is 0 Å². The Labute approximate surface area is 142 Å². The molecule has 0 unspecified atom stereocenters. The van der Waals surface area contributed by atoms with Gasteiger partial charge >= 0.3 is 10.3 Å². The Morgan fingerprint density at radius 1 is 1.29 bits per heavy atom. The Morgan fingerprint density at radius 3 is 2.83 bits per heavy atom. The lowest BCUT2D eigenvalue weighted by Crippen LogP contribution is -2.39. The highest BCUT2D eigenvalue weighted by atomic mass is 32.2. The van der Waals surface area contributed by atoms with Crippen molar-refractivity contribution in [3.63, 3.8) is 0 Å². The van der Waals surface area contributed by atoms with E-state index < -0.39 is 10.3 Å². The first-order valence-electron chi connectivity index (χ1n) is 8.51. The molecule has 0 saturated heterocycles. The lowest BCUT2D eigenvalue weighted by Gasteiger charge is -2.46. The number of hydrogen-bond donors (Lipinski definition) is 2. The van der Waals surface area contributed by atoms with Gasteiger partial charge in [-0.15, -0.1) is 0 Å². The molecule has 3 aliphatic rings. The van der Waals surface area contributed by atoms with E-state index in [1.54, 1.807) is 12.1 Å². The van der Waals surface area contributed by atoms with E-state index in [2.05, 4.69) is 13.0 Å². The van der Waals surface area contributed by atoms with Crippen LogP contribution in [0, 0.1) is 11.3 Å². The summed E-state index contributed by atoms with van der Waals surface area (Å²) in [6, 6.07) is 5.44. The molecule has 0 amide bonds. The lowest BCUT2D eigenvalue weighted by atomic mass is 9.59. The molecule has 2 saturated carbocycles. The first-order chi connectivity index (χ1) is 11.3. The number of hydrogen-bond acceptors (Lipinski definition) is 4. The van der Waals surface area contributed by atoms with Crippen molar-refractivity contribution in [3.8, 4) is 5.75 Å². The maximum atomic E-state index is 11.1. The first-order valence-corrected chi connectivity index (χ1v) is 9.98. The summed E-state index contributed by atoms with van der Waals surface area (Å²) in [5, 5.41) is 15.4. The molecule has 0 aromatic heterocycles. The fourth-order valence-electron chi connectivity index (χ4n) is 5.10. The average molecular weight is 349 g/mol. The molecule has 6 heteroatoms. The van der Waals surface area contributed by atoms with Gasteiger partial charge in [0.05, 0.1) is 6.10 Å². The molecule has 130 valence electrons. The smallest absolute Gasteiger partial charge is 0.380 e. The summed E-state index contributed by atoms with van der Waals surface area (Å²) < 4.78 is 27.0. The maximum absolute atomic E-state index is 11.1. The predicted octanol–water partition coefficient (Wildman–Crippen LogP) is 2.41. The standard InChI is InChI=1S/C18H23NO4S/c1-18-9-8-14-13-5-3-12(23-24(19,21)22)10-11(13)2-4-15(14)16(18)6-7-17(18)20/h3-5,10,14,16-17,20H,2,6-9H2,1H3,(H2,19,21,22)/t14-,16+,17-,18+/m1/s1. The van der Waals surface area contributed by atoms with Gasteiger partial charge in [-0.05, 0) is 61.3 Å². The molecule has 1 aromatic carbocycles. The molecule has 0 radical (unpaired) electrons. The van der Waals surface area contributed by atoms with Gasteiger partial charge in [-0.2, -0.15) is 13.6 Å². The van der Waals surface area contributed by atoms with E-state index in [1.807, 2.05) is 6.07 Å². The van der Waals surface area contributed by atoms with E-state index in [-0.39, 0.29) is 17.3 Å². The van der Waals surface area contributed by atoms with E-state index >= 15 is 0 Å². The highest BCUT2D eigenvalue weighted by Gasteiger charge is 2.51. The topological polar surface area (TPSA) is 89.6 Å². The summed E-state index contributed by atoms with van der Waals surface area (Å²) in [6.07, 6.45) is 6.85. The predicted molar refractivity (Wildman–Crippen MR) is 90.8 cm³/mol. The molecule has 1 aromatic rings. The fraction of sp³-hybridized carbons (Fsp3) is 0.556. The minimum atomic E-state index is -4.00. The third-order valence-electron chi connectivity index (χ3n) is 6.32. The van der Waals surface area contributed by atoms with Gasteiger partial charge < -0.3 is 9.29 Å². The molecule has 3 N–H and O–H groups in total. The van der Waals surface area contributed by atoms with Gasteiger partial charge in [-0.25, -0.2) is 0 Å². The minimum Gasteiger partial charge on any atom is -0.393 e. The SMILES string of the molecule is C[C@]12CC[C@H]3C(=CCc4cc(OS(N)(=O)=O)ccc43)[C@@H]1CC[C@H]2O. The Hall–Kier alpha value is -1.37. The van der Waals surface area contributed by atoms with Crippen LogP contribution < -0.4 is 9.32 Å². The Morgan fingerprint density at radius 2 is 2.08 bits per heavy atom. The molecule has 5 nitrogen and oxygen atoms in total. The largest absolute Gasteiger partial charge is 0.393 e. The zero-order valence-corrected chi connectivity index (χ0v) is 14.6. The van der Waals surface area contributed by atoms with Crippen LogP contribution in [-0.2, 0) is 16.7 Å². The third-order valence-corrected chi connectivity index (χ3v) is 6.75. The van der Waals surface area contributed by atoms with Crippen LogP contribution >= 0.6 is 0 Å². The van der Waals surface area contributed by atoms with Crippen molar-refractivity contribution >= 4 is 10.3 Å². The van der Waals surface area contributed by atoms with E-state index in [9.17, 15) is 13.5 Å². The van der Waals surface area contributed by atoms with Crippen molar-refractivity contribution in [2.24, 2.45) is 16.5 Å². The van der Waals surface area contributed by atoms with Crippen molar-refractivity contribution in [2.45, 2.75) is 51.0 Å². The summed E-state index contributed by atoms with van der Waals surface area (Å²) in [7, 11) is -4.00. The van der Waals surface area contributed by atoms with Crippen LogP contribution in [0.4, 0.5) is 0 Å². The van der Waals surface area contributed by atoms with Crippen molar-refractivity contribution in [2.75, 3.05) is 0 Å². The number of rotatable bonds is 2. The van der Waals surface area contributed by atoms with Crippen molar-refractivity contribution in [1.82, 2.24) is 0 Å². The summed E-state index contributed by atoms with van der Waals surface area (Å²) in [5.74, 6) is 1.10. The number of fused-ring (bicyclic) bond motifs is 5. The third kappa shape index (κ3) is 2.48. The average Bonchev–Trinajstić information content (AvgIpc) is 2.81. The molecule has 0 bridgehead atoms. The molecular weight excluding hydrogens is 326 g/mol.